The van der Waals surface area contributed by atoms with Gasteiger partial charge in [-0.1, -0.05) is 41.5 Å². The molecule has 1 aliphatic rings. The molecule has 1 saturated heterocycles. The minimum atomic E-state index is -2.88. The summed E-state index contributed by atoms with van der Waals surface area (Å²) in [5.41, 5.74) is 2.95. The molecule has 2 heterocycles. The van der Waals surface area contributed by atoms with Gasteiger partial charge in [0, 0.05) is 12.6 Å². The highest BCUT2D eigenvalue weighted by Crippen LogP contribution is 2.48. The Labute approximate surface area is 198 Å². The lowest BCUT2D eigenvalue weighted by molar-refractivity contribution is -0.191. The van der Waals surface area contributed by atoms with Crippen LogP contribution in [0.25, 0.3) is 0 Å². The maximum atomic E-state index is 14.9. The topological polar surface area (TPSA) is 88.6 Å². The van der Waals surface area contributed by atoms with Gasteiger partial charge in [-0.25, -0.2) is 13.6 Å². The second-order valence-electron chi connectivity index (χ2n) is 12.0. The summed E-state index contributed by atoms with van der Waals surface area (Å²) in [7, 11) is -4.81. The SMILES string of the molecule is CC(C)(C)[Si](C)(C)OC[C@@]1(C(F)F)O[C@@H](n2ccc(N)nc2=O)C[C@@H]1O[Si](C)(C)C(C)(C)C. The lowest BCUT2D eigenvalue weighted by Gasteiger charge is -2.44. The summed E-state index contributed by atoms with van der Waals surface area (Å²) in [6, 6.07) is 1.45. The van der Waals surface area contributed by atoms with Crippen LogP contribution >= 0.6 is 0 Å². The van der Waals surface area contributed by atoms with E-state index in [1.165, 1.54) is 16.8 Å². The normalized spacial score (nSPS) is 25.1. The number of aromatic nitrogens is 2. The zero-order valence-corrected chi connectivity index (χ0v) is 23.7. The summed E-state index contributed by atoms with van der Waals surface area (Å²) in [5, 5.41) is -0.360. The Morgan fingerprint density at radius 2 is 1.73 bits per heavy atom. The van der Waals surface area contributed by atoms with Crippen LogP contribution in [0.1, 0.15) is 54.2 Å². The zero-order chi connectivity index (χ0) is 25.6. The third-order valence-electron chi connectivity index (χ3n) is 7.56. The van der Waals surface area contributed by atoms with Crippen molar-refractivity contribution in [2.75, 3.05) is 12.3 Å². The number of alkyl halides is 2. The molecule has 0 saturated carbocycles. The van der Waals surface area contributed by atoms with Crippen LogP contribution in [-0.2, 0) is 13.6 Å². The number of nitrogens with two attached hydrogens (primary N) is 1. The van der Waals surface area contributed by atoms with Crippen molar-refractivity contribution in [3.05, 3.63) is 22.7 Å². The number of anilines is 1. The Morgan fingerprint density at radius 3 is 2.18 bits per heavy atom. The molecule has 11 heteroatoms. The predicted molar refractivity (Wildman–Crippen MR) is 132 cm³/mol. The van der Waals surface area contributed by atoms with Crippen molar-refractivity contribution in [2.24, 2.45) is 0 Å². The van der Waals surface area contributed by atoms with E-state index in [1.54, 1.807) is 0 Å². The first-order valence-corrected chi connectivity index (χ1v) is 17.2. The highest BCUT2D eigenvalue weighted by Gasteiger charge is 2.60. The van der Waals surface area contributed by atoms with Crippen molar-refractivity contribution in [2.45, 2.75) is 109 Å². The van der Waals surface area contributed by atoms with Crippen molar-refractivity contribution >= 4 is 22.5 Å². The molecule has 7 nitrogen and oxygen atoms in total. The van der Waals surface area contributed by atoms with E-state index in [0.717, 1.165) is 0 Å². The van der Waals surface area contributed by atoms with Gasteiger partial charge in [-0.15, -0.1) is 0 Å². The van der Waals surface area contributed by atoms with Crippen LogP contribution in [0.4, 0.5) is 14.6 Å². The van der Waals surface area contributed by atoms with E-state index < -0.39 is 46.7 Å². The van der Waals surface area contributed by atoms with E-state index in [0.29, 0.717) is 0 Å². The average molecular weight is 506 g/mol. The minimum absolute atomic E-state index is 0.0599. The first kappa shape index (κ1) is 28.1. The van der Waals surface area contributed by atoms with Crippen molar-refractivity contribution in [1.29, 1.82) is 0 Å². The van der Waals surface area contributed by atoms with Crippen LogP contribution < -0.4 is 11.4 Å². The first-order chi connectivity index (χ1) is 14.7. The van der Waals surface area contributed by atoms with Crippen LogP contribution in [0.2, 0.25) is 36.3 Å². The largest absolute Gasteiger partial charge is 0.414 e. The summed E-state index contributed by atoms with van der Waals surface area (Å²) in [5.74, 6) is 0.0599. The molecule has 1 aromatic heterocycles. The fourth-order valence-corrected chi connectivity index (χ4v) is 5.53. The molecule has 0 bridgehead atoms. The number of rotatable bonds is 7. The molecule has 0 radical (unpaired) electrons. The molecule has 33 heavy (non-hydrogen) atoms. The average Bonchev–Trinajstić information content (AvgIpc) is 2.97. The second kappa shape index (κ2) is 9.14. The third kappa shape index (κ3) is 5.75. The number of halogens is 2. The molecule has 0 unspecified atom stereocenters. The molecule has 0 aliphatic carbocycles. The van der Waals surface area contributed by atoms with Crippen LogP contribution in [0.5, 0.6) is 0 Å². The van der Waals surface area contributed by atoms with Crippen molar-refractivity contribution in [1.82, 2.24) is 9.55 Å². The molecule has 2 N–H and O–H groups in total. The van der Waals surface area contributed by atoms with Gasteiger partial charge in [0.1, 0.15) is 12.0 Å². The number of hydrogen-bond donors (Lipinski definition) is 1. The summed E-state index contributed by atoms with van der Waals surface area (Å²) in [4.78, 5) is 16.2. The lowest BCUT2D eigenvalue weighted by Crippen LogP contribution is -2.58. The fraction of sp³-hybridized carbons (Fsp3) is 0.818. The van der Waals surface area contributed by atoms with Gasteiger partial charge in [0.25, 0.3) is 6.43 Å². The van der Waals surface area contributed by atoms with Crippen LogP contribution in [0.15, 0.2) is 17.1 Å². The molecule has 0 aromatic carbocycles. The van der Waals surface area contributed by atoms with E-state index in [4.69, 9.17) is 19.3 Å². The van der Waals surface area contributed by atoms with Gasteiger partial charge in [-0.3, -0.25) is 4.57 Å². The number of hydrogen-bond acceptors (Lipinski definition) is 6. The monoisotopic (exact) mass is 505 g/mol. The molecule has 2 rings (SSSR count). The van der Waals surface area contributed by atoms with Crippen molar-refractivity contribution in [3.8, 4) is 0 Å². The Kier molecular flexibility index (Phi) is 7.78. The lowest BCUT2D eigenvalue weighted by atomic mass is 9.98. The maximum Gasteiger partial charge on any atom is 0.351 e. The second-order valence-corrected chi connectivity index (χ2v) is 21.6. The molecule has 1 aromatic rings. The quantitative estimate of drug-likeness (QED) is 0.515. The van der Waals surface area contributed by atoms with Gasteiger partial charge < -0.3 is 19.3 Å². The number of nitrogens with zero attached hydrogens (tertiary/aromatic N) is 2. The molecular formula is C22H41F2N3O4Si2. The van der Waals surface area contributed by atoms with E-state index in [9.17, 15) is 13.6 Å². The molecule has 3 atom stereocenters. The molecule has 1 fully saturated rings. The third-order valence-corrected chi connectivity index (χ3v) is 16.5. The first-order valence-electron chi connectivity index (χ1n) is 11.4. The fourth-order valence-electron chi connectivity index (χ4n) is 3.15. The number of nitrogen functional groups attached to an aromatic ring is 1. The molecule has 1 aliphatic heterocycles. The van der Waals surface area contributed by atoms with Crippen LogP contribution in [0.3, 0.4) is 0 Å². The predicted octanol–water partition coefficient (Wildman–Crippen LogP) is 5.16. The standard InChI is InChI=1S/C22H41F2N3O4Si2/c1-20(2,3)32(7,8)29-14-22(18(23)24)15(31-33(9,10)21(4,5)6)13-17(30-22)27-12-11-16(25)26-19(27)28/h11-12,15,17-18H,13-14H2,1-10H3,(H2,25,26,28)/t15-,17+,22+/m0/s1. The van der Waals surface area contributed by atoms with E-state index in [1.807, 2.05) is 26.2 Å². The van der Waals surface area contributed by atoms with Gasteiger partial charge in [0.2, 0.25) is 0 Å². The van der Waals surface area contributed by atoms with Gasteiger partial charge in [-0.05, 0) is 42.3 Å². The minimum Gasteiger partial charge on any atom is -0.414 e. The Bertz CT molecular complexity index is 897. The summed E-state index contributed by atoms with van der Waals surface area (Å²) in [6.07, 6.45) is -3.27. The van der Waals surface area contributed by atoms with Crippen LogP contribution in [-0.4, -0.2) is 50.9 Å². The van der Waals surface area contributed by atoms with Gasteiger partial charge in [0.15, 0.2) is 22.2 Å². The Morgan fingerprint density at radius 1 is 1.18 bits per heavy atom. The van der Waals surface area contributed by atoms with Gasteiger partial charge in [0.05, 0.1) is 12.7 Å². The highest BCUT2D eigenvalue weighted by molar-refractivity contribution is 6.74. The van der Waals surface area contributed by atoms with E-state index in [2.05, 4.69) is 46.5 Å². The van der Waals surface area contributed by atoms with Gasteiger partial charge in [-0.2, -0.15) is 4.98 Å². The highest BCUT2D eigenvalue weighted by atomic mass is 28.4. The van der Waals surface area contributed by atoms with Crippen molar-refractivity contribution in [3.63, 3.8) is 0 Å². The van der Waals surface area contributed by atoms with E-state index >= 15 is 0 Å². The molecule has 0 amide bonds. The zero-order valence-electron chi connectivity index (χ0n) is 21.7. The summed E-state index contributed by atoms with van der Waals surface area (Å²) < 4.78 is 49.7. The van der Waals surface area contributed by atoms with Crippen molar-refractivity contribution < 1.29 is 22.4 Å². The maximum absolute atomic E-state index is 14.9. The molecule has 0 spiro atoms. The Hall–Kier alpha value is -1.15. The summed E-state index contributed by atoms with van der Waals surface area (Å²) in [6.45, 7) is 20.1. The number of ether oxygens (including phenoxy) is 1. The smallest absolute Gasteiger partial charge is 0.351 e. The van der Waals surface area contributed by atoms with Gasteiger partial charge >= 0.3 is 5.69 Å². The molecular weight excluding hydrogens is 464 g/mol. The molecule has 190 valence electrons. The van der Waals surface area contributed by atoms with E-state index in [-0.39, 0.29) is 28.9 Å². The van der Waals surface area contributed by atoms with Crippen LogP contribution in [0, 0.1) is 0 Å². The summed E-state index contributed by atoms with van der Waals surface area (Å²) >= 11 is 0. The Balaban J connectivity index is 2.51.